The van der Waals surface area contributed by atoms with Gasteiger partial charge < -0.3 is 15.0 Å². The summed E-state index contributed by atoms with van der Waals surface area (Å²) in [5.74, 6) is -0.130. The Hall–Kier alpha value is -2.56. The van der Waals surface area contributed by atoms with Crippen molar-refractivity contribution in [1.29, 1.82) is 0 Å². The van der Waals surface area contributed by atoms with Crippen molar-refractivity contribution < 1.29 is 9.53 Å². The van der Waals surface area contributed by atoms with E-state index < -0.39 is 5.97 Å². The van der Waals surface area contributed by atoms with Gasteiger partial charge in [0.2, 0.25) is 5.56 Å². The molecule has 0 atom stereocenters. The van der Waals surface area contributed by atoms with E-state index in [9.17, 15) is 9.59 Å². The normalized spacial score (nSPS) is 10.6. The minimum Gasteiger partial charge on any atom is -0.421 e. The maximum Gasteiger partial charge on any atom is 0.343 e. The third-order valence-corrected chi connectivity index (χ3v) is 4.70. The summed E-state index contributed by atoms with van der Waals surface area (Å²) >= 11 is 0. The van der Waals surface area contributed by atoms with Crippen LogP contribution >= 0.6 is 0 Å². The number of unbranched alkanes of at least 4 members (excludes halogenated alkanes) is 8. The zero-order valence-corrected chi connectivity index (χ0v) is 16.8. The molecule has 0 aliphatic heterocycles. The summed E-state index contributed by atoms with van der Waals surface area (Å²) in [6.07, 6.45) is 13.2. The highest BCUT2D eigenvalue weighted by Crippen LogP contribution is 2.14. The van der Waals surface area contributed by atoms with Crippen LogP contribution in [0.15, 0.2) is 47.4 Å². The molecule has 1 heterocycles. The van der Waals surface area contributed by atoms with Crippen LogP contribution in [0.3, 0.4) is 0 Å². The Labute approximate surface area is 167 Å². The van der Waals surface area contributed by atoms with Crippen LogP contribution in [0, 0.1) is 0 Å². The van der Waals surface area contributed by atoms with Gasteiger partial charge >= 0.3 is 5.97 Å². The number of nitrogens with one attached hydrogen (secondary N) is 2. The van der Waals surface area contributed by atoms with Crippen molar-refractivity contribution in [2.75, 3.05) is 11.9 Å². The molecule has 5 nitrogen and oxygen atoms in total. The van der Waals surface area contributed by atoms with Gasteiger partial charge in [-0.15, -0.1) is 0 Å². The number of ether oxygens (including phenoxy) is 1. The average molecular weight is 385 g/mol. The molecular weight excluding hydrogens is 352 g/mol. The highest BCUT2D eigenvalue weighted by atomic mass is 16.5. The number of H-pyrrole nitrogens is 1. The number of rotatable bonds is 13. The molecule has 0 aliphatic rings. The van der Waals surface area contributed by atoms with Crippen molar-refractivity contribution in [3.63, 3.8) is 0 Å². The first-order chi connectivity index (χ1) is 13.7. The van der Waals surface area contributed by atoms with Gasteiger partial charge in [-0.05, 0) is 36.8 Å². The minimum absolute atomic E-state index is 0.234. The first-order valence-corrected chi connectivity index (χ1v) is 10.4. The van der Waals surface area contributed by atoms with E-state index in [1.54, 1.807) is 12.1 Å². The molecule has 5 heteroatoms. The lowest BCUT2D eigenvalue weighted by atomic mass is 10.1. The lowest BCUT2D eigenvalue weighted by Gasteiger charge is -2.08. The van der Waals surface area contributed by atoms with Crippen molar-refractivity contribution in [2.45, 2.75) is 64.7 Å². The molecule has 2 rings (SSSR count). The first-order valence-electron chi connectivity index (χ1n) is 10.4. The van der Waals surface area contributed by atoms with Crippen LogP contribution in [0.4, 0.5) is 5.69 Å². The molecule has 0 amide bonds. The minimum atomic E-state index is -0.447. The fourth-order valence-electron chi connectivity index (χ4n) is 3.02. The highest BCUT2D eigenvalue weighted by molar-refractivity contribution is 5.91. The van der Waals surface area contributed by atoms with Gasteiger partial charge in [0.1, 0.15) is 5.75 Å². The van der Waals surface area contributed by atoms with E-state index in [1.807, 2.05) is 12.1 Å². The van der Waals surface area contributed by atoms with Crippen molar-refractivity contribution in [2.24, 2.45) is 0 Å². The van der Waals surface area contributed by atoms with Crippen molar-refractivity contribution in [3.05, 3.63) is 58.5 Å². The number of anilines is 1. The summed E-state index contributed by atoms with van der Waals surface area (Å²) in [4.78, 5) is 25.6. The number of benzene rings is 1. The molecule has 28 heavy (non-hydrogen) atoms. The van der Waals surface area contributed by atoms with Gasteiger partial charge in [-0.25, -0.2) is 4.79 Å². The van der Waals surface area contributed by atoms with Crippen LogP contribution in [0.2, 0.25) is 0 Å². The number of aromatic amines is 1. The van der Waals surface area contributed by atoms with E-state index >= 15 is 0 Å². The molecule has 0 aliphatic carbocycles. The molecule has 0 saturated heterocycles. The second-order valence-electron chi connectivity index (χ2n) is 7.11. The lowest BCUT2D eigenvalue weighted by Crippen LogP contribution is -2.10. The van der Waals surface area contributed by atoms with E-state index in [0.29, 0.717) is 11.3 Å². The molecule has 1 aromatic carbocycles. The number of aromatic nitrogens is 1. The number of hydrogen-bond donors (Lipinski definition) is 2. The van der Waals surface area contributed by atoms with E-state index in [0.717, 1.165) is 18.7 Å². The molecule has 152 valence electrons. The average Bonchev–Trinajstić information content (AvgIpc) is 2.71. The Morgan fingerprint density at radius 3 is 2.14 bits per heavy atom. The van der Waals surface area contributed by atoms with E-state index in [2.05, 4.69) is 17.2 Å². The SMILES string of the molecule is CCCCCCCCCCCNc1ccc(C(=O)Oc2ccc(=O)[nH]c2)cc1. The van der Waals surface area contributed by atoms with E-state index in [1.165, 1.54) is 69.7 Å². The molecule has 0 saturated carbocycles. The van der Waals surface area contributed by atoms with Crippen LogP contribution in [0.5, 0.6) is 5.75 Å². The number of esters is 1. The lowest BCUT2D eigenvalue weighted by molar-refractivity contribution is 0.0734. The van der Waals surface area contributed by atoms with Gasteiger partial charge in [-0.2, -0.15) is 0 Å². The van der Waals surface area contributed by atoms with E-state index in [-0.39, 0.29) is 5.56 Å². The van der Waals surface area contributed by atoms with Gasteiger partial charge in [-0.3, -0.25) is 4.79 Å². The molecule has 0 unspecified atom stereocenters. The Balaban J connectivity index is 1.61. The zero-order chi connectivity index (χ0) is 20.0. The van der Waals surface area contributed by atoms with Crippen LogP contribution in [-0.2, 0) is 0 Å². The number of pyridine rings is 1. The van der Waals surface area contributed by atoms with Gasteiger partial charge in [0.05, 0.1) is 5.56 Å². The van der Waals surface area contributed by atoms with Crippen LogP contribution < -0.4 is 15.6 Å². The second kappa shape index (κ2) is 12.8. The first kappa shape index (κ1) is 21.7. The van der Waals surface area contributed by atoms with Crippen molar-refractivity contribution in [3.8, 4) is 5.75 Å². The second-order valence-corrected chi connectivity index (χ2v) is 7.11. The fourth-order valence-corrected chi connectivity index (χ4v) is 3.02. The molecule has 2 aromatic rings. The monoisotopic (exact) mass is 384 g/mol. The molecule has 0 radical (unpaired) electrons. The number of carbonyl (C=O) groups is 1. The Morgan fingerprint density at radius 1 is 0.893 bits per heavy atom. The third-order valence-electron chi connectivity index (χ3n) is 4.70. The third kappa shape index (κ3) is 8.42. The number of carbonyl (C=O) groups excluding carboxylic acids is 1. The molecule has 0 spiro atoms. The molecule has 0 bridgehead atoms. The maximum absolute atomic E-state index is 12.1. The molecule has 2 N–H and O–H groups in total. The summed E-state index contributed by atoms with van der Waals surface area (Å²) in [5.41, 5.74) is 1.24. The smallest absolute Gasteiger partial charge is 0.343 e. The zero-order valence-electron chi connectivity index (χ0n) is 16.8. The van der Waals surface area contributed by atoms with Gasteiger partial charge in [-0.1, -0.05) is 58.3 Å². The predicted molar refractivity (Wildman–Crippen MR) is 114 cm³/mol. The van der Waals surface area contributed by atoms with Crippen LogP contribution in [0.25, 0.3) is 0 Å². The highest BCUT2D eigenvalue weighted by Gasteiger charge is 2.08. The molecule has 1 aromatic heterocycles. The summed E-state index contributed by atoms with van der Waals surface area (Å²) < 4.78 is 5.23. The van der Waals surface area contributed by atoms with Crippen LogP contribution in [0.1, 0.15) is 75.1 Å². The summed E-state index contributed by atoms with van der Waals surface area (Å²) in [5, 5.41) is 3.39. The standard InChI is InChI=1S/C23H32N2O3/c1-2-3-4-5-6-7-8-9-10-17-24-20-13-11-19(12-14-20)23(27)28-21-15-16-22(26)25-18-21/h11-16,18,24H,2-10,17H2,1H3,(H,25,26). The Morgan fingerprint density at radius 2 is 1.54 bits per heavy atom. The maximum atomic E-state index is 12.1. The summed E-state index contributed by atoms with van der Waals surface area (Å²) in [6.45, 7) is 3.19. The van der Waals surface area contributed by atoms with Gasteiger partial charge in [0.15, 0.2) is 0 Å². The van der Waals surface area contributed by atoms with Crippen molar-refractivity contribution >= 4 is 11.7 Å². The summed E-state index contributed by atoms with van der Waals surface area (Å²) in [6, 6.07) is 10.0. The largest absolute Gasteiger partial charge is 0.421 e. The predicted octanol–water partition coefficient (Wildman–Crippen LogP) is 5.54. The molecular formula is C23H32N2O3. The fraction of sp³-hybridized carbons (Fsp3) is 0.478. The van der Waals surface area contributed by atoms with Crippen molar-refractivity contribution in [1.82, 2.24) is 4.98 Å². The van der Waals surface area contributed by atoms with Crippen LogP contribution in [-0.4, -0.2) is 17.5 Å². The Kier molecular flexibility index (Phi) is 9.91. The van der Waals surface area contributed by atoms with Gasteiger partial charge in [0.25, 0.3) is 0 Å². The topological polar surface area (TPSA) is 71.2 Å². The molecule has 0 fully saturated rings. The Bertz CT molecular complexity index is 733. The van der Waals surface area contributed by atoms with E-state index in [4.69, 9.17) is 4.74 Å². The summed E-state index contributed by atoms with van der Waals surface area (Å²) in [7, 11) is 0. The number of hydrogen-bond acceptors (Lipinski definition) is 4. The van der Waals surface area contributed by atoms with Gasteiger partial charge in [0, 0.05) is 24.5 Å². The quantitative estimate of drug-likeness (QED) is 0.351.